The predicted molar refractivity (Wildman–Crippen MR) is 99.4 cm³/mol. The van der Waals surface area contributed by atoms with Crippen molar-refractivity contribution in [3.05, 3.63) is 53.7 Å². The maximum Gasteiger partial charge on any atom is 0.339 e. The summed E-state index contributed by atoms with van der Waals surface area (Å²) in [6, 6.07) is 12.2. The zero-order valence-corrected chi connectivity index (χ0v) is 14.4. The zero-order chi connectivity index (χ0) is 18.1. The lowest BCUT2D eigenvalue weighted by Crippen LogP contribution is -2.34. The second-order valence-electron chi connectivity index (χ2n) is 6.78. The molecule has 26 heavy (non-hydrogen) atoms. The minimum atomic E-state index is -1.02. The molecule has 1 saturated heterocycles. The standard InChI is InChI=1S/C19H21N5O2/c20-19-21-17-16(18(25)26)11-15(12-24(17)22-19)23-8-6-14(7-9-23)10-13-4-2-1-3-5-13/h1-5,11-12,14H,6-10H2,(H2,20,22)(H,25,26). The van der Waals surface area contributed by atoms with Crippen molar-refractivity contribution < 1.29 is 9.90 Å². The molecule has 7 nitrogen and oxygen atoms in total. The molecule has 0 unspecified atom stereocenters. The summed E-state index contributed by atoms with van der Waals surface area (Å²) >= 11 is 0. The van der Waals surface area contributed by atoms with Gasteiger partial charge in [0.05, 0.1) is 11.9 Å². The Balaban J connectivity index is 1.51. The SMILES string of the molecule is Nc1nc2c(C(=O)O)cc(N3CCC(Cc4ccccc4)CC3)cn2n1. The van der Waals surface area contributed by atoms with Crippen LogP contribution in [-0.2, 0) is 6.42 Å². The topological polar surface area (TPSA) is 96.7 Å². The number of nitrogens with two attached hydrogens (primary N) is 1. The number of anilines is 2. The van der Waals surface area contributed by atoms with Gasteiger partial charge in [0.15, 0.2) is 5.65 Å². The van der Waals surface area contributed by atoms with E-state index in [1.165, 1.54) is 10.1 Å². The highest BCUT2D eigenvalue weighted by Gasteiger charge is 2.22. The van der Waals surface area contributed by atoms with Crippen molar-refractivity contribution in [2.75, 3.05) is 23.7 Å². The van der Waals surface area contributed by atoms with Gasteiger partial charge in [-0.25, -0.2) is 9.31 Å². The van der Waals surface area contributed by atoms with E-state index in [0.29, 0.717) is 5.92 Å². The number of benzene rings is 1. The average molecular weight is 351 g/mol. The lowest BCUT2D eigenvalue weighted by Gasteiger charge is -2.33. The summed E-state index contributed by atoms with van der Waals surface area (Å²) < 4.78 is 1.46. The van der Waals surface area contributed by atoms with Gasteiger partial charge in [-0.15, -0.1) is 5.10 Å². The summed E-state index contributed by atoms with van der Waals surface area (Å²) in [6.07, 6.45) is 5.06. The number of aromatic carboxylic acids is 1. The van der Waals surface area contributed by atoms with E-state index in [1.807, 2.05) is 12.3 Å². The van der Waals surface area contributed by atoms with Crippen LogP contribution in [0.25, 0.3) is 5.65 Å². The largest absolute Gasteiger partial charge is 0.478 e. The Morgan fingerprint density at radius 1 is 1.23 bits per heavy atom. The second kappa shape index (κ2) is 6.67. The minimum absolute atomic E-state index is 0.0752. The number of carboxylic acids is 1. The Morgan fingerprint density at radius 3 is 2.65 bits per heavy atom. The number of aromatic nitrogens is 3. The Hall–Kier alpha value is -3.09. The van der Waals surface area contributed by atoms with Gasteiger partial charge in [-0.3, -0.25) is 0 Å². The number of rotatable bonds is 4. The first kappa shape index (κ1) is 16.4. The van der Waals surface area contributed by atoms with Gasteiger partial charge in [-0.05, 0) is 36.8 Å². The number of nitrogens with zero attached hydrogens (tertiary/aromatic N) is 4. The zero-order valence-electron chi connectivity index (χ0n) is 14.4. The number of carboxylic acid groups (broad SMARTS) is 1. The fourth-order valence-corrected chi connectivity index (χ4v) is 3.66. The molecule has 0 bridgehead atoms. The van der Waals surface area contributed by atoms with Gasteiger partial charge in [0.25, 0.3) is 0 Å². The van der Waals surface area contributed by atoms with Crippen LogP contribution in [0.4, 0.5) is 11.6 Å². The van der Waals surface area contributed by atoms with Gasteiger partial charge >= 0.3 is 5.97 Å². The molecule has 0 aliphatic carbocycles. The van der Waals surface area contributed by atoms with Crippen LogP contribution in [0.2, 0.25) is 0 Å². The number of piperidine rings is 1. The van der Waals surface area contributed by atoms with Gasteiger partial charge in [0.2, 0.25) is 5.95 Å². The molecule has 0 amide bonds. The van der Waals surface area contributed by atoms with E-state index in [1.54, 1.807) is 6.07 Å². The van der Waals surface area contributed by atoms with Gasteiger partial charge in [-0.2, -0.15) is 4.98 Å². The van der Waals surface area contributed by atoms with Crippen molar-refractivity contribution in [2.24, 2.45) is 5.92 Å². The Morgan fingerprint density at radius 2 is 1.96 bits per heavy atom. The van der Waals surface area contributed by atoms with Gasteiger partial charge < -0.3 is 15.7 Å². The summed E-state index contributed by atoms with van der Waals surface area (Å²) in [6.45, 7) is 1.79. The van der Waals surface area contributed by atoms with E-state index in [2.05, 4.69) is 39.2 Å². The lowest BCUT2D eigenvalue weighted by atomic mass is 9.90. The Kier molecular flexibility index (Phi) is 4.20. The number of fused-ring (bicyclic) bond motifs is 1. The van der Waals surface area contributed by atoms with E-state index in [9.17, 15) is 9.90 Å². The molecule has 0 radical (unpaired) electrons. The van der Waals surface area contributed by atoms with Crippen LogP contribution >= 0.6 is 0 Å². The number of carbonyl (C=O) groups is 1. The molecule has 1 fully saturated rings. The van der Waals surface area contributed by atoms with Crippen LogP contribution in [0.3, 0.4) is 0 Å². The van der Waals surface area contributed by atoms with Crippen molar-refractivity contribution in [3.63, 3.8) is 0 Å². The van der Waals surface area contributed by atoms with E-state index < -0.39 is 5.97 Å². The molecule has 134 valence electrons. The Labute approximate surface area is 151 Å². The normalized spacial score (nSPS) is 15.5. The van der Waals surface area contributed by atoms with Gasteiger partial charge in [-0.1, -0.05) is 30.3 Å². The highest BCUT2D eigenvalue weighted by atomic mass is 16.4. The predicted octanol–water partition coefficient (Wildman–Crippen LogP) is 2.47. The van der Waals surface area contributed by atoms with E-state index >= 15 is 0 Å². The first-order valence-electron chi connectivity index (χ1n) is 8.78. The van der Waals surface area contributed by atoms with Crippen LogP contribution in [0, 0.1) is 5.92 Å². The van der Waals surface area contributed by atoms with Crippen molar-refractivity contribution in [2.45, 2.75) is 19.3 Å². The summed E-state index contributed by atoms with van der Waals surface area (Å²) in [5, 5.41) is 13.6. The molecule has 4 rings (SSSR count). The number of nitrogen functional groups attached to an aromatic ring is 1. The van der Waals surface area contributed by atoms with Crippen molar-refractivity contribution >= 4 is 23.3 Å². The third-order valence-corrected chi connectivity index (χ3v) is 5.01. The fourth-order valence-electron chi connectivity index (χ4n) is 3.66. The average Bonchev–Trinajstić information content (AvgIpc) is 3.02. The molecule has 0 atom stereocenters. The molecule has 1 aromatic carbocycles. The number of hydrogen-bond donors (Lipinski definition) is 2. The van der Waals surface area contributed by atoms with Crippen molar-refractivity contribution in [3.8, 4) is 0 Å². The van der Waals surface area contributed by atoms with Gasteiger partial charge in [0.1, 0.15) is 5.56 Å². The summed E-state index contributed by atoms with van der Waals surface area (Å²) in [4.78, 5) is 17.8. The van der Waals surface area contributed by atoms with Crippen molar-refractivity contribution in [1.82, 2.24) is 14.6 Å². The lowest BCUT2D eigenvalue weighted by molar-refractivity contribution is 0.0698. The smallest absolute Gasteiger partial charge is 0.339 e. The quantitative estimate of drug-likeness (QED) is 0.749. The maximum absolute atomic E-state index is 11.6. The third-order valence-electron chi connectivity index (χ3n) is 5.01. The summed E-state index contributed by atoms with van der Waals surface area (Å²) in [7, 11) is 0. The number of hydrogen-bond acceptors (Lipinski definition) is 5. The molecular weight excluding hydrogens is 330 g/mol. The van der Waals surface area contributed by atoms with Crippen molar-refractivity contribution in [1.29, 1.82) is 0 Å². The first-order valence-corrected chi connectivity index (χ1v) is 8.78. The van der Waals surface area contributed by atoms with Crippen LogP contribution in [0.1, 0.15) is 28.8 Å². The summed E-state index contributed by atoms with van der Waals surface area (Å²) in [5.41, 5.74) is 8.25. The highest BCUT2D eigenvalue weighted by molar-refractivity contribution is 5.95. The van der Waals surface area contributed by atoms with E-state index in [-0.39, 0.29) is 17.2 Å². The molecule has 7 heteroatoms. The maximum atomic E-state index is 11.6. The highest BCUT2D eigenvalue weighted by Crippen LogP contribution is 2.27. The molecule has 0 saturated carbocycles. The Bertz CT molecular complexity index is 930. The monoisotopic (exact) mass is 351 g/mol. The van der Waals surface area contributed by atoms with Crippen LogP contribution in [0.15, 0.2) is 42.6 Å². The second-order valence-corrected chi connectivity index (χ2v) is 6.78. The molecule has 3 aromatic rings. The molecule has 2 aromatic heterocycles. The first-order chi connectivity index (χ1) is 12.6. The molecule has 1 aliphatic heterocycles. The molecule has 3 N–H and O–H groups in total. The molecule has 3 heterocycles. The molecule has 0 spiro atoms. The van der Waals surface area contributed by atoms with E-state index in [0.717, 1.165) is 38.0 Å². The summed E-state index contributed by atoms with van der Waals surface area (Å²) in [5.74, 6) is -0.298. The van der Waals surface area contributed by atoms with Crippen LogP contribution < -0.4 is 10.6 Å². The molecule has 1 aliphatic rings. The van der Waals surface area contributed by atoms with Crippen LogP contribution in [-0.4, -0.2) is 38.8 Å². The fraction of sp³-hybridized carbons (Fsp3) is 0.316. The number of pyridine rings is 1. The molecular formula is C19H21N5O2. The third kappa shape index (κ3) is 3.20. The minimum Gasteiger partial charge on any atom is -0.478 e. The van der Waals surface area contributed by atoms with Gasteiger partial charge in [0, 0.05) is 13.1 Å². The van der Waals surface area contributed by atoms with E-state index in [4.69, 9.17) is 5.73 Å². The van der Waals surface area contributed by atoms with Crippen LogP contribution in [0.5, 0.6) is 0 Å².